The number of rotatable bonds is 5. The lowest BCUT2D eigenvalue weighted by Crippen LogP contribution is -2.22. The molecule has 0 aliphatic heterocycles. The number of anilines is 2. The second-order valence-electron chi connectivity index (χ2n) is 4.26. The summed E-state index contributed by atoms with van der Waals surface area (Å²) in [6.45, 7) is -0.0560. The molecular formula is C15H13FN2O3. The first-order valence-corrected chi connectivity index (χ1v) is 6.18. The summed E-state index contributed by atoms with van der Waals surface area (Å²) in [7, 11) is 0. The average molecular weight is 288 g/mol. The highest BCUT2D eigenvalue weighted by molar-refractivity contribution is 6.01. The Morgan fingerprint density at radius 1 is 1.05 bits per heavy atom. The van der Waals surface area contributed by atoms with Crippen LogP contribution < -0.4 is 10.6 Å². The molecule has 6 heteroatoms. The molecule has 21 heavy (non-hydrogen) atoms. The third-order valence-electron chi connectivity index (χ3n) is 2.73. The van der Waals surface area contributed by atoms with Gasteiger partial charge in [0.2, 0.25) is 5.91 Å². The molecule has 0 saturated heterocycles. The number of hydrogen-bond acceptors (Lipinski definition) is 3. The predicted molar refractivity (Wildman–Crippen MR) is 76.9 cm³/mol. The van der Waals surface area contributed by atoms with Crippen LogP contribution >= 0.6 is 0 Å². The van der Waals surface area contributed by atoms with Crippen LogP contribution in [0.5, 0.6) is 0 Å². The molecule has 0 aliphatic carbocycles. The number of nitrogens with one attached hydrogen (secondary N) is 2. The van der Waals surface area contributed by atoms with Gasteiger partial charge in [0, 0.05) is 5.69 Å². The van der Waals surface area contributed by atoms with E-state index in [0.29, 0.717) is 5.69 Å². The Morgan fingerprint density at radius 2 is 1.71 bits per heavy atom. The number of carboxylic acids is 1. The average Bonchev–Trinajstić information content (AvgIpc) is 2.47. The molecular weight excluding hydrogens is 275 g/mol. The summed E-state index contributed by atoms with van der Waals surface area (Å²) in [5.74, 6) is -1.87. The first-order chi connectivity index (χ1) is 10.1. The van der Waals surface area contributed by atoms with Crippen molar-refractivity contribution < 1.29 is 19.1 Å². The van der Waals surface area contributed by atoms with Crippen molar-refractivity contribution in [3.8, 4) is 0 Å². The van der Waals surface area contributed by atoms with Crippen molar-refractivity contribution in [3.05, 3.63) is 59.9 Å². The monoisotopic (exact) mass is 288 g/mol. The van der Waals surface area contributed by atoms with Gasteiger partial charge in [0.1, 0.15) is 5.82 Å². The number of carboxylic acid groups (broad SMARTS) is 1. The summed E-state index contributed by atoms with van der Waals surface area (Å²) in [5.41, 5.74) is 0.849. The van der Waals surface area contributed by atoms with E-state index in [1.54, 1.807) is 12.1 Å². The normalized spacial score (nSPS) is 9.95. The van der Waals surface area contributed by atoms with Crippen molar-refractivity contribution in [2.45, 2.75) is 0 Å². The lowest BCUT2D eigenvalue weighted by Gasteiger charge is -2.09. The van der Waals surface area contributed by atoms with E-state index in [1.165, 1.54) is 36.4 Å². The quantitative estimate of drug-likeness (QED) is 0.790. The van der Waals surface area contributed by atoms with Gasteiger partial charge in [0.15, 0.2) is 0 Å². The number of para-hydroxylation sites is 1. The van der Waals surface area contributed by atoms with Crippen molar-refractivity contribution in [2.24, 2.45) is 0 Å². The van der Waals surface area contributed by atoms with Crippen molar-refractivity contribution in [3.63, 3.8) is 0 Å². The van der Waals surface area contributed by atoms with Crippen LogP contribution in [0.2, 0.25) is 0 Å². The number of benzene rings is 2. The number of halogens is 1. The molecule has 108 valence electrons. The smallest absolute Gasteiger partial charge is 0.337 e. The number of carbonyl (C=O) groups excluding carboxylic acids is 1. The summed E-state index contributed by atoms with van der Waals surface area (Å²) in [6.07, 6.45) is 0. The molecule has 0 bridgehead atoms. The highest BCUT2D eigenvalue weighted by Gasteiger charge is 2.11. The summed E-state index contributed by atoms with van der Waals surface area (Å²) >= 11 is 0. The van der Waals surface area contributed by atoms with Gasteiger partial charge in [-0.15, -0.1) is 0 Å². The molecule has 0 atom stereocenters. The summed E-state index contributed by atoms with van der Waals surface area (Å²) in [6, 6.07) is 11.7. The lowest BCUT2D eigenvalue weighted by atomic mass is 10.2. The number of amides is 1. The Hall–Kier alpha value is -2.89. The molecule has 2 aromatic rings. The van der Waals surface area contributed by atoms with Crippen LogP contribution in [0.1, 0.15) is 10.4 Å². The van der Waals surface area contributed by atoms with Gasteiger partial charge in [-0.3, -0.25) is 4.79 Å². The van der Waals surface area contributed by atoms with Crippen molar-refractivity contribution in [2.75, 3.05) is 17.2 Å². The van der Waals surface area contributed by atoms with Gasteiger partial charge in [-0.25, -0.2) is 9.18 Å². The van der Waals surface area contributed by atoms with Crippen molar-refractivity contribution >= 4 is 23.3 Å². The predicted octanol–water partition coefficient (Wildman–Crippen LogP) is 2.57. The van der Waals surface area contributed by atoms with Gasteiger partial charge < -0.3 is 15.7 Å². The molecule has 5 nitrogen and oxygen atoms in total. The van der Waals surface area contributed by atoms with Crippen LogP contribution in [0.3, 0.4) is 0 Å². The highest BCUT2D eigenvalue weighted by atomic mass is 19.1. The maximum atomic E-state index is 12.7. The fraction of sp³-hybridized carbons (Fsp3) is 0.0667. The zero-order valence-electron chi connectivity index (χ0n) is 11.0. The van der Waals surface area contributed by atoms with Crippen LogP contribution in [-0.4, -0.2) is 23.5 Å². The minimum atomic E-state index is -1.11. The summed E-state index contributed by atoms with van der Waals surface area (Å²) in [5, 5.41) is 14.3. The lowest BCUT2D eigenvalue weighted by molar-refractivity contribution is -0.114. The van der Waals surface area contributed by atoms with E-state index in [2.05, 4.69) is 10.6 Å². The summed E-state index contributed by atoms with van der Waals surface area (Å²) < 4.78 is 12.7. The SMILES string of the molecule is O=C(CNc1ccc(F)cc1)Nc1ccccc1C(=O)O. The number of hydrogen-bond donors (Lipinski definition) is 3. The van der Waals surface area contributed by atoms with Crippen LogP contribution in [0.4, 0.5) is 15.8 Å². The van der Waals surface area contributed by atoms with Gasteiger partial charge in [0.25, 0.3) is 0 Å². The fourth-order valence-corrected chi connectivity index (χ4v) is 1.72. The van der Waals surface area contributed by atoms with Crippen molar-refractivity contribution in [1.29, 1.82) is 0 Å². The second kappa shape index (κ2) is 6.51. The Morgan fingerprint density at radius 3 is 2.38 bits per heavy atom. The van der Waals surface area contributed by atoms with Crippen LogP contribution in [0, 0.1) is 5.82 Å². The topological polar surface area (TPSA) is 78.4 Å². The molecule has 0 unspecified atom stereocenters. The maximum absolute atomic E-state index is 12.7. The Balaban J connectivity index is 1.96. The standard InChI is InChI=1S/C15H13FN2O3/c16-10-5-7-11(8-6-10)17-9-14(19)18-13-4-2-1-3-12(13)15(20)21/h1-8,17H,9H2,(H,18,19)(H,20,21). The first-order valence-electron chi connectivity index (χ1n) is 6.18. The van der Waals surface area contributed by atoms with Crippen LogP contribution in [0.25, 0.3) is 0 Å². The Kier molecular flexibility index (Phi) is 4.50. The fourth-order valence-electron chi connectivity index (χ4n) is 1.72. The molecule has 0 aromatic heterocycles. The van der Waals surface area contributed by atoms with Gasteiger partial charge in [-0.05, 0) is 36.4 Å². The Bertz CT molecular complexity index is 656. The molecule has 0 fully saturated rings. The van der Waals surface area contributed by atoms with E-state index in [9.17, 15) is 14.0 Å². The van der Waals surface area contributed by atoms with Gasteiger partial charge in [-0.2, -0.15) is 0 Å². The van der Waals surface area contributed by atoms with E-state index in [1.807, 2.05) is 0 Å². The molecule has 0 radical (unpaired) electrons. The highest BCUT2D eigenvalue weighted by Crippen LogP contribution is 2.15. The van der Waals surface area contributed by atoms with E-state index in [4.69, 9.17) is 5.11 Å². The molecule has 0 aliphatic rings. The number of carbonyl (C=O) groups is 2. The third kappa shape index (κ3) is 4.04. The molecule has 2 aromatic carbocycles. The van der Waals surface area contributed by atoms with E-state index >= 15 is 0 Å². The van der Waals surface area contributed by atoms with Gasteiger partial charge in [0.05, 0.1) is 17.8 Å². The molecule has 1 amide bonds. The molecule has 0 heterocycles. The first kappa shape index (κ1) is 14.5. The maximum Gasteiger partial charge on any atom is 0.337 e. The van der Waals surface area contributed by atoms with Gasteiger partial charge >= 0.3 is 5.97 Å². The van der Waals surface area contributed by atoms with E-state index in [0.717, 1.165) is 0 Å². The molecule has 0 spiro atoms. The van der Waals surface area contributed by atoms with E-state index in [-0.39, 0.29) is 23.6 Å². The largest absolute Gasteiger partial charge is 0.478 e. The molecule has 3 N–H and O–H groups in total. The van der Waals surface area contributed by atoms with Gasteiger partial charge in [-0.1, -0.05) is 12.1 Å². The van der Waals surface area contributed by atoms with Crippen LogP contribution in [0.15, 0.2) is 48.5 Å². The minimum absolute atomic E-state index is 0.0210. The third-order valence-corrected chi connectivity index (χ3v) is 2.73. The minimum Gasteiger partial charge on any atom is -0.478 e. The second-order valence-corrected chi connectivity index (χ2v) is 4.26. The Labute approximate surface area is 120 Å². The summed E-state index contributed by atoms with van der Waals surface area (Å²) in [4.78, 5) is 22.8. The molecule has 2 rings (SSSR count). The van der Waals surface area contributed by atoms with Crippen LogP contribution in [-0.2, 0) is 4.79 Å². The molecule has 0 saturated carbocycles. The van der Waals surface area contributed by atoms with E-state index < -0.39 is 11.9 Å². The number of aromatic carboxylic acids is 1. The van der Waals surface area contributed by atoms with Crippen molar-refractivity contribution in [1.82, 2.24) is 0 Å². The zero-order chi connectivity index (χ0) is 15.2. The zero-order valence-corrected chi connectivity index (χ0v) is 11.0.